The summed E-state index contributed by atoms with van der Waals surface area (Å²) in [4.78, 5) is 28.4. The highest BCUT2D eigenvalue weighted by atomic mass is 35.5. The summed E-state index contributed by atoms with van der Waals surface area (Å²) >= 11 is 12.1. The van der Waals surface area contributed by atoms with Gasteiger partial charge in [0.1, 0.15) is 5.82 Å². The standard InChI is InChI=1S/C19H18Cl2FN3O2/c20-13-1-6-17(21)16(11-13)19(27)25-9-7-24(8-10-25)12-18(26)23-15-4-2-14(22)3-5-15/h1-6,11H,7-10,12H2,(H,23,26). The second kappa shape index (κ2) is 8.69. The van der Waals surface area contributed by atoms with Crippen LogP contribution in [0.15, 0.2) is 42.5 Å². The molecule has 2 aromatic carbocycles. The first-order valence-electron chi connectivity index (χ1n) is 8.44. The lowest BCUT2D eigenvalue weighted by molar-refractivity contribution is -0.117. The van der Waals surface area contributed by atoms with E-state index in [9.17, 15) is 14.0 Å². The number of halogens is 3. The number of carbonyl (C=O) groups excluding carboxylic acids is 2. The molecule has 5 nitrogen and oxygen atoms in total. The average molecular weight is 410 g/mol. The smallest absolute Gasteiger partial charge is 0.255 e. The molecular formula is C19H18Cl2FN3O2. The van der Waals surface area contributed by atoms with E-state index < -0.39 is 0 Å². The number of hydrogen-bond donors (Lipinski definition) is 1. The van der Waals surface area contributed by atoms with E-state index in [1.54, 1.807) is 23.1 Å². The third kappa shape index (κ3) is 5.19. The zero-order valence-corrected chi connectivity index (χ0v) is 15.9. The van der Waals surface area contributed by atoms with Gasteiger partial charge in [0.15, 0.2) is 0 Å². The van der Waals surface area contributed by atoms with E-state index in [4.69, 9.17) is 23.2 Å². The molecule has 0 atom stereocenters. The fourth-order valence-electron chi connectivity index (χ4n) is 2.88. The summed E-state index contributed by atoms with van der Waals surface area (Å²) in [6.45, 7) is 2.33. The number of amides is 2. The lowest BCUT2D eigenvalue weighted by Crippen LogP contribution is -2.50. The van der Waals surface area contributed by atoms with Gasteiger partial charge >= 0.3 is 0 Å². The SMILES string of the molecule is O=C(CN1CCN(C(=O)c2cc(Cl)ccc2Cl)CC1)Nc1ccc(F)cc1. The first-order chi connectivity index (χ1) is 12.9. The first-order valence-corrected chi connectivity index (χ1v) is 9.20. The van der Waals surface area contributed by atoms with Gasteiger partial charge in [0, 0.05) is 36.9 Å². The highest BCUT2D eigenvalue weighted by molar-refractivity contribution is 6.35. The number of carbonyl (C=O) groups is 2. The van der Waals surface area contributed by atoms with Crippen LogP contribution < -0.4 is 5.32 Å². The van der Waals surface area contributed by atoms with Gasteiger partial charge in [0.05, 0.1) is 17.1 Å². The lowest BCUT2D eigenvalue weighted by Gasteiger charge is -2.34. The summed E-state index contributed by atoms with van der Waals surface area (Å²) in [6.07, 6.45) is 0. The van der Waals surface area contributed by atoms with Gasteiger partial charge in [-0.3, -0.25) is 14.5 Å². The molecule has 1 saturated heterocycles. The largest absolute Gasteiger partial charge is 0.336 e. The van der Waals surface area contributed by atoms with Crippen molar-refractivity contribution in [3.8, 4) is 0 Å². The number of anilines is 1. The topological polar surface area (TPSA) is 52.7 Å². The average Bonchev–Trinajstić information content (AvgIpc) is 2.65. The summed E-state index contributed by atoms with van der Waals surface area (Å²) < 4.78 is 12.9. The van der Waals surface area contributed by atoms with Gasteiger partial charge in [-0.25, -0.2) is 4.39 Å². The Kier molecular flexibility index (Phi) is 6.31. The van der Waals surface area contributed by atoms with Crippen molar-refractivity contribution in [1.82, 2.24) is 9.80 Å². The number of rotatable bonds is 4. The fraction of sp³-hybridized carbons (Fsp3) is 0.263. The van der Waals surface area contributed by atoms with Gasteiger partial charge < -0.3 is 10.2 Å². The van der Waals surface area contributed by atoms with Crippen LogP contribution in [0.1, 0.15) is 10.4 Å². The van der Waals surface area contributed by atoms with Crippen molar-refractivity contribution >= 4 is 40.7 Å². The molecule has 0 radical (unpaired) electrons. The number of hydrogen-bond acceptors (Lipinski definition) is 3. The van der Waals surface area contributed by atoms with Crippen molar-refractivity contribution in [2.24, 2.45) is 0 Å². The molecule has 2 amide bonds. The Balaban J connectivity index is 1.51. The van der Waals surface area contributed by atoms with Crippen molar-refractivity contribution in [3.63, 3.8) is 0 Å². The summed E-state index contributed by atoms with van der Waals surface area (Å²) in [5.41, 5.74) is 0.928. The molecular weight excluding hydrogens is 392 g/mol. The van der Waals surface area contributed by atoms with E-state index in [2.05, 4.69) is 5.32 Å². The van der Waals surface area contributed by atoms with Crippen molar-refractivity contribution in [1.29, 1.82) is 0 Å². The lowest BCUT2D eigenvalue weighted by atomic mass is 10.1. The quantitative estimate of drug-likeness (QED) is 0.839. The molecule has 1 aliphatic rings. The molecule has 2 aromatic rings. The molecule has 3 rings (SSSR count). The summed E-state index contributed by atoms with van der Waals surface area (Å²) in [5.74, 6) is -0.703. The molecule has 0 bridgehead atoms. The zero-order valence-electron chi connectivity index (χ0n) is 14.4. The number of piperazine rings is 1. The van der Waals surface area contributed by atoms with E-state index in [-0.39, 0.29) is 24.2 Å². The van der Waals surface area contributed by atoms with Gasteiger partial charge in [-0.15, -0.1) is 0 Å². The predicted molar refractivity (Wildman–Crippen MR) is 104 cm³/mol. The van der Waals surface area contributed by atoms with Gasteiger partial charge in [-0.2, -0.15) is 0 Å². The van der Waals surface area contributed by atoms with Crippen LogP contribution in [0.4, 0.5) is 10.1 Å². The van der Waals surface area contributed by atoms with Gasteiger partial charge in [0.25, 0.3) is 5.91 Å². The molecule has 1 aliphatic heterocycles. The molecule has 8 heteroatoms. The second-order valence-electron chi connectivity index (χ2n) is 6.25. The molecule has 0 unspecified atom stereocenters. The minimum atomic E-state index is -0.353. The van der Waals surface area contributed by atoms with Crippen LogP contribution in [0.3, 0.4) is 0 Å². The van der Waals surface area contributed by atoms with Gasteiger partial charge in [-0.05, 0) is 42.5 Å². The summed E-state index contributed by atoms with van der Waals surface area (Å²) in [7, 11) is 0. The molecule has 0 spiro atoms. The molecule has 0 aliphatic carbocycles. The maximum Gasteiger partial charge on any atom is 0.255 e. The summed E-state index contributed by atoms with van der Waals surface area (Å²) in [5, 5.41) is 3.55. The minimum absolute atomic E-state index is 0.169. The number of benzene rings is 2. The Morgan fingerprint density at radius 1 is 1.00 bits per heavy atom. The fourth-order valence-corrected chi connectivity index (χ4v) is 3.25. The van der Waals surface area contributed by atoms with Gasteiger partial charge in [0.2, 0.25) is 5.91 Å². The van der Waals surface area contributed by atoms with Crippen LogP contribution in [0.2, 0.25) is 10.0 Å². The maximum absolute atomic E-state index is 12.9. The van der Waals surface area contributed by atoms with Crippen LogP contribution in [-0.2, 0) is 4.79 Å². The van der Waals surface area contributed by atoms with Crippen molar-refractivity contribution in [2.75, 3.05) is 38.0 Å². The summed E-state index contributed by atoms with van der Waals surface area (Å²) in [6, 6.07) is 10.4. The number of nitrogens with zero attached hydrogens (tertiary/aromatic N) is 2. The van der Waals surface area contributed by atoms with E-state index >= 15 is 0 Å². The van der Waals surface area contributed by atoms with E-state index in [1.807, 2.05) is 4.90 Å². The van der Waals surface area contributed by atoms with Crippen molar-refractivity contribution in [3.05, 3.63) is 63.9 Å². The van der Waals surface area contributed by atoms with Gasteiger partial charge in [-0.1, -0.05) is 23.2 Å². The van der Waals surface area contributed by atoms with Crippen molar-refractivity contribution < 1.29 is 14.0 Å². The number of nitrogens with one attached hydrogen (secondary N) is 1. The van der Waals surface area contributed by atoms with Crippen LogP contribution in [0, 0.1) is 5.82 Å². The van der Waals surface area contributed by atoms with Crippen LogP contribution in [-0.4, -0.2) is 54.3 Å². The van der Waals surface area contributed by atoms with E-state index in [0.29, 0.717) is 47.5 Å². The van der Waals surface area contributed by atoms with E-state index in [0.717, 1.165) is 0 Å². The Bertz CT molecular complexity index is 837. The first kappa shape index (κ1) is 19.6. The molecule has 1 heterocycles. The molecule has 1 fully saturated rings. The molecule has 142 valence electrons. The monoisotopic (exact) mass is 409 g/mol. The molecule has 0 saturated carbocycles. The third-order valence-electron chi connectivity index (χ3n) is 4.31. The Morgan fingerprint density at radius 3 is 2.33 bits per heavy atom. The highest BCUT2D eigenvalue weighted by Gasteiger charge is 2.24. The third-order valence-corrected chi connectivity index (χ3v) is 4.88. The van der Waals surface area contributed by atoms with E-state index in [1.165, 1.54) is 24.3 Å². The molecule has 0 aromatic heterocycles. The molecule has 27 heavy (non-hydrogen) atoms. The van der Waals surface area contributed by atoms with Crippen LogP contribution in [0.25, 0.3) is 0 Å². The second-order valence-corrected chi connectivity index (χ2v) is 7.09. The Hall–Kier alpha value is -2.15. The Morgan fingerprint density at radius 2 is 1.67 bits per heavy atom. The predicted octanol–water partition coefficient (Wildman–Crippen LogP) is 3.53. The van der Waals surface area contributed by atoms with Crippen LogP contribution in [0.5, 0.6) is 0 Å². The maximum atomic E-state index is 12.9. The normalized spacial score (nSPS) is 14.9. The van der Waals surface area contributed by atoms with Crippen molar-refractivity contribution in [2.45, 2.75) is 0 Å². The highest BCUT2D eigenvalue weighted by Crippen LogP contribution is 2.22. The Labute approximate surface area is 166 Å². The van der Waals surface area contributed by atoms with Crippen LogP contribution >= 0.6 is 23.2 Å². The molecule has 1 N–H and O–H groups in total. The zero-order chi connectivity index (χ0) is 19.4. The minimum Gasteiger partial charge on any atom is -0.336 e.